The summed E-state index contributed by atoms with van der Waals surface area (Å²) in [6.07, 6.45) is 0.0685. The molecule has 0 saturated heterocycles. The van der Waals surface area contributed by atoms with Crippen LogP contribution in [0.4, 0.5) is 0 Å². The quantitative estimate of drug-likeness (QED) is 0.537. The first kappa shape index (κ1) is 23.4. The van der Waals surface area contributed by atoms with Gasteiger partial charge in [0.2, 0.25) is 5.91 Å². The predicted molar refractivity (Wildman–Crippen MR) is 110 cm³/mol. The van der Waals surface area contributed by atoms with E-state index in [2.05, 4.69) is 69.9 Å². The van der Waals surface area contributed by atoms with Crippen LogP contribution in [0.15, 0.2) is 18.2 Å². The summed E-state index contributed by atoms with van der Waals surface area (Å²) in [6.45, 7) is 14.9. The summed E-state index contributed by atoms with van der Waals surface area (Å²) in [4.78, 5) is 26.6. The molecule has 1 atom stereocenters. The third-order valence-corrected chi connectivity index (χ3v) is 4.46. The number of rotatable bonds is 7. The molecule has 0 aliphatic rings. The molecule has 0 spiro atoms. The molecule has 0 aliphatic heterocycles. The first-order valence-electron chi connectivity index (χ1n) is 9.33. The lowest BCUT2D eigenvalue weighted by molar-refractivity contribution is -0.143. The van der Waals surface area contributed by atoms with Crippen molar-refractivity contribution >= 4 is 23.7 Å². The van der Waals surface area contributed by atoms with Crippen molar-refractivity contribution in [1.29, 1.82) is 0 Å². The molecule has 0 fully saturated rings. The maximum absolute atomic E-state index is 12.1. The third-order valence-electron chi connectivity index (χ3n) is 4.33. The van der Waals surface area contributed by atoms with Gasteiger partial charge in [-0.25, -0.2) is 4.84 Å². The Morgan fingerprint density at radius 1 is 1.04 bits per heavy atom. The first-order valence-corrected chi connectivity index (χ1v) is 9.70. The number of amides is 1. The van der Waals surface area contributed by atoms with E-state index < -0.39 is 6.04 Å². The second kappa shape index (κ2) is 9.56. The summed E-state index contributed by atoms with van der Waals surface area (Å²) in [7, 11) is 0. The van der Waals surface area contributed by atoms with E-state index in [0.717, 1.165) is 16.7 Å². The van der Waals surface area contributed by atoms with Gasteiger partial charge < -0.3 is 10.1 Å². The molecule has 1 aromatic rings. The summed E-state index contributed by atoms with van der Waals surface area (Å²) >= 11 is 5.45. The van der Waals surface area contributed by atoms with E-state index in [1.54, 1.807) is 6.92 Å². The van der Waals surface area contributed by atoms with Gasteiger partial charge in [0.05, 0.1) is 25.6 Å². The zero-order valence-corrected chi connectivity index (χ0v) is 18.3. The minimum atomic E-state index is -0.482. The normalized spacial score (nSPS) is 13.2. The molecule has 1 rings (SSSR count). The van der Waals surface area contributed by atoms with E-state index in [1.165, 1.54) is 0 Å². The molecule has 6 heteroatoms. The van der Waals surface area contributed by atoms with E-state index in [0.29, 0.717) is 6.61 Å². The smallest absolute Gasteiger partial charge is 0.308 e. The average molecular weight is 397 g/mol. The molecule has 0 unspecified atom stereocenters. The molecule has 27 heavy (non-hydrogen) atoms. The van der Waals surface area contributed by atoms with Crippen molar-refractivity contribution < 1.29 is 14.3 Å². The molecular formula is C21H33ClN2O3. The molecule has 5 nitrogen and oxygen atoms in total. The van der Waals surface area contributed by atoms with Crippen LogP contribution in [0.5, 0.6) is 0 Å². The molecule has 152 valence electrons. The fourth-order valence-electron chi connectivity index (χ4n) is 2.66. The SMILES string of the molecule is CCOC(=O)C[C@H](NC(=O)CNCl)c1cc(C(C)(C)C)cc(C(C)(C)C)c1. The second-order valence-corrected chi connectivity index (χ2v) is 9.05. The van der Waals surface area contributed by atoms with Crippen molar-refractivity contribution in [2.45, 2.75) is 71.8 Å². The molecule has 0 aliphatic carbocycles. The molecule has 0 aromatic heterocycles. The zero-order chi connectivity index (χ0) is 20.8. The number of esters is 1. The van der Waals surface area contributed by atoms with Crippen LogP contribution in [0.2, 0.25) is 0 Å². The monoisotopic (exact) mass is 396 g/mol. The predicted octanol–water partition coefficient (Wildman–Crippen LogP) is 4.14. The highest BCUT2D eigenvalue weighted by atomic mass is 35.5. The van der Waals surface area contributed by atoms with E-state index in [4.69, 9.17) is 16.5 Å². The first-order chi connectivity index (χ1) is 12.4. The molecule has 1 aromatic carbocycles. The maximum Gasteiger partial charge on any atom is 0.308 e. The summed E-state index contributed by atoms with van der Waals surface area (Å²) in [6, 6.07) is 5.85. The largest absolute Gasteiger partial charge is 0.466 e. The lowest BCUT2D eigenvalue weighted by atomic mass is 9.78. The van der Waals surface area contributed by atoms with Gasteiger partial charge in [0.1, 0.15) is 0 Å². The minimum absolute atomic E-state index is 0.0357. The average Bonchev–Trinajstić information content (AvgIpc) is 2.52. The highest BCUT2D eigenvalue weighted by molar-refractivity contribution is 6.14. The molecule has 0 radical (unpaired) electrons. The minimum Gasteiger partial charge on any atom is -0.466 e. The number of ether oxygens (including phenoxy) is 1. The van der Waals surface area contributed by atoms with Gasteiger partial charge >= 0.3 is 5.97 Å². The standard InChI is InChI=1S/C21H33ClN2O3/c1-8-27-19(26)12-17(24-18(25)13-23-22)14-9-15(20(2,3)4)11-16(10-14)21(5,6)7/h9-11,17,23H,8,12-13H2,1-7H3,(H,24,25)/t17-/m0/s1. The third kappa shape index (κ3) is 7.51. The Labute approximate surface area is 168 Å². The number of hydrogen-bond donors (Lipinski definition) is 2. The Morgan fingerprint density at radius 3 is 1.96 bits per heavy atom. The van der Waals surface area contributed by atoms with Crippen molar-refractivity contribution in [2.75, 3.05) is 13.2 Å². The van der Waals surface area contributed by atoms with Crippen LogP contribution in [0.25, 0.3) is 0 Å². The Balaban J connectivity index is 3.40. The number of hydrogen-bond acceptors (Lipinski definition) is 4. The number of carbonyl (C=O) groups excluding carboxylic acids is 2. The van der Waals surface area contributed by atoms with Crippen LogP contribution in [0.3, 0.4) is 0 Å². The second-order valence-electron chi connectivity index (χ2n) is 8.78. The Bertz CT molecular complexity index is 608. The lowest BCUT2D eigenvalue weighted by Crippen LogP contribution is -2.35. The van der Waals surface area contributed by atoms with E-state index in [9.17, 15) is 9.59 Å². The summed E-state index contributed by atoms with van der Waals surface area (Å²) in [5.74, 6) is -0.627. The molecule has 2 N–H and O–H groups in total. The highest BCUT2D eigenvalue weighted by Gasteiger charge is 2.25. The number of carbonyl (C=O) groups is 2. The van der Waals surface area contributed by atoms with Crippen LogP contribution in [-0.4, -0.2) is 25.0 Å². The Morgan fingerprint density at radius 2 is 1.56 bits per heavy atom. The summed E-state index contributed by atoms with van der Waals surface area (Å²) < 4.78 is 5.10. The van der Waals surface area contributed by atoms with Gasteiger partial charge in [0.25, 0.3) is 0 Å². The van der Waals surface area contributed by atoms with Gasteiger partial charge in [-0.3, -0.25) is 9.59 Å². The molecule has 0 bridgehead atoms. The van der Waals surface area contributed by atoms with Crippen LogP contribution < -0.4 is 10.2 Å². The van der Waals surface area contributed by atoms with Crippen molar-refractivity contribution in [3.63, 3.8) is 0 Å². The molecular weight excluding hydrogens is 364 g/mol. The zero-order valence-electron chi connectivity index (χ0n) is 17.5. The van der Waals surface area contributed by atoms with Crippen LogP contribution in [0.1, 0.15) is 77.6 Å². The number of benzene rings is 1. The number of halogens is 1. The summed E-state index contributed by atoms with van der Waals surface area (Å²) in [5, 5.41) is 2.89. The number of nitrogens with one attached hydrogen (secondary N) is 2. The van der Waals surface area contributed by atoms with Gasteiger partial charge in [-0.05, 0) is 46.2 Å². The molecule has 0 heterocycles. The van der Waals surface area contributed by atoms with Crippen LogP contribution >= 0.6 is 11.8 Å². The van der Waals surface area contributed by atoms with Gasteiger partial charge in [0.15, 0.2) is 0 Å². The Hall–Kier alpha value is -1.59. The van der Waals surface area contributed by atoms with Crippen molar-refractivity contribution in [2.24, 2.45) is 0 Å². The van der Waals surface area contributed by atoms with E-state index in [1.807, 2.05) is 0 Å². The van der Waals surface area contributed by atoms with Crippen molar-refractivity contribution in [3.05, 3.63) is 34.9 Å². The van der Waals surface area contributed by atoms with Gasteiger partial charge in [-0.15, -0.1) is 0 Å². The van der Waals surface area contributed by atoms with Gasteiger partial charge in [0, 0.05) is 0 Å². The highest BCUT2D eigenvalue weighted by Crippen LogP contribution is 2.33. The summed E-state index contributed by atoms with van der Waals surface area (Å²) in [5.41, 5.74) is 3.08. The maximum atomic E-state index is 12.1. The van der Waals surface area contributed by atoms with E-state index >= 15 is 0 Å². The van der Waals surface area contributed by atoms with Crippen molar-refractivity contribution in [3.8, 4) is 0 Å². The molecule has 1 amide bonds. The van der Waals surface area contributed by atoms with Crippen LogP contribution in [0, 0.1) is 0 Å². The topological polar surface area (TPSA) is 67.4 Å². The fourth-order valence-corrected chi connectivity index (χ4v) is 2.79. The van der Waals surface area contributed by atoms with Gasteiger partial charge in [-0.1, -0.05) is 59.7 Å². The van der Waals surface area contributed by atoms with Crippen molar-refractivity contribution in [1.82, 2.24) is 10.2 Å². The Kier molecular flexibility index (Phi) is 8.30. The van der Waals surface area contributed by atoms with Gasteiger partial charge in [-0.2, -0.15) is 0 Å². The van der Waals surface area contributed by atoms with Crippen LogP contribution in [-0.2, 0) is 25.2 Å². The van der Waals surface area contributed by atoms with E-state index in [-0.39, 0.29) is 35.7 Å². The molecule has 0 saturated carbocycles. The lowest BCUT2D eigenvalue weighted by Gasteiger charge is -2.28. The fraction of sp³-hybridized carbons (Fsp3) is 0.619.